The highest BCUT2D eigenvalue weighted by atomic mass is 16.5. The van der Waals surface area contributed by atoms with E-state index in [1.165, 1.54) is 16.2 Å². The Morgan fingerprint density at radius 2 is 1.70 bits per heavy atom. The van der Waals surface area contributed by atoms with Crippen LogP contribution in [0.5, 0.6) is 23.0 Å². The van der Waals surface area contributed by atoms with Gasteiger partial charge in [-0.1, -0.05) is 6.07 Å². The number of nitrogens with zero attached hydrogens (tertiary/aromatic N) is 4. The van der Waals surface area contributed by atoms with Gasteiger partial charge in [0.25, 0.3) is 11.8 Å². The molecule has 0 N–H and O–H groups in total. The van der Waals surface area contributed by atoms with Gasteiger partial charge in [0.1, 0.15) is 18.0 Å². The van der Waals surface area contributed by atoms with Crippen LogP contribution in [0.4, 0.5) is 0 Å². The van der Waals surface area contributed by atoms with Gasteiger partial charge in [-0.05, 0) is 42.0 Å². The summed E-state index contributed by atoms with van der Waals surface area (Å²) in [6.07, 6.45) is 1.85. The topological polar surface area (TPSA) is 116 Å². The number of carbonyl (C=O) groups is 2. The molecule has 2 aliphatic rings. The summed E-state index contributed by atoms with van der Waals surface area (Å²) in [4.78, 5) is 31.3. The number of hydrogen-bond acceptors (Lipinski definition) is 10. The minimum Gasteiger partial charge on any atom is -0.497 e. The summed E-state index contributed by atoms with van der Waals surface area (Å²) in [5.74, 6) is 1.79. The molecule has 0 radical (unpaired) electrons. The molecule has 234 valence electrons. The predicted octanol–water partition coefficient (Wildman–Crippen LogP) is 3.47. The molecular formula is C32H38N4O8. The van der Waals surface area contributed by atoms with Crippen molar-refractivity contribution < 1.29 is 37.7 Å². The summed E-state index contributed by atoms with van der Waals surface area (Å²) in [5, 5.41) is 6.28. The van der Waals surface area contributed by atoms with E-state index in [0.29, 0.717) is 61.4 Å². The van der Waals surface area contributed by atoms with E-state index in [2.05, 4.69) is 4.90 Å². The van der Waals surface area contributed by atoms with E-state index in [9.17, 15) is 9.59 Å². The highest BCUT2D eigenvalue weighted by molar-refractivity contribution is 6.05. The minimum absolute atomic E-state index is 0.171. The first-order chi connectivity index (χ1) is 21.4. The Morgan fingerprint density at radius 3 is 2.39 bits per heavy atom. The quantitative estimate of drug-likeness (QED) is 0.306. The molecule has 5 rings (SSSR count). The smallest absolute Gasteiger partial charge is 0.290 e. The Labute approximate surface area is 256 Å². The van der Waals surface area contributed by atoms with Crippen molar-refractivity contribution in [2.24, 2.45) is 5.10 Å². The Balaban J connectivity index is 1.46. The zero-order valence-corrected chi connectivity index (χ0v) is 25.5. The molecule has 12 heteroatoms. The third-order valence-electron chi connectivity index (χ3n) is 7.81. The zero-order chi connectivity index (χ0) is 31.1. The van der Waals surface area contributed by atoms with Crippen molar-refractivity contribution in [1.29, 1.82) is 0 Å². The van der Waals surface area contributed by atoms with Gasteiger partial charge in [0.2, 0.25) is 0 Å². The maximum absolute atomic E-state index is 14.1. The van der Waals surface area contributed by atoms with Crippen molar-refractivity contribution in [3.63, 3.8) is 0 Å². The monoisotopic (exact) mass is 606 g/mol. The molecule has 0 spiro atoms. The molecule has 0 aliphatic carbocycles. The number of amides is 2. The fraction of sp³-hybridized carbons (Fsp3) is 0.406. The number of methoxy groups -OCH3 is 4. The van der Waals surface area contributed by atoms with Gasteiger partial charge >= 0.3 is 0 Å². The third kappa shape index (κ3) is 6.81. The highest BCUT2D eigenvalue weighted by Crippen LogP contribution is 2.39. The lowest BCUT2D eigenvalue weighted by Crippen LogP contribution is -2.46. The number of hydrogen-bond donors (Lipinski definition) is 0. The van der Waals surface area contributed by atoms with Crippen molar-refractivity contribution in [3.8, 4) is 23.0 Å². The van der Waals surface area contributed by atoms with E-state index in [1.54, 1.807) is 52.7 Å². The number of rotatable bonds is 12. The van der Waals surface area contributed by atoms with E-state index in [1.807, 2.05) is 24.3 Å². The summed E-state index contributed by atoms with van der Waals surface area (Å²) < 4.78 is 32.9. The first-order valence-corrected chi connectivity index (χ1v) is 14.4. The lowest BCUT2D eigenvalue weighted by atomic mass is 9.97. The van der Waals surface area contributed by atoms with Crippen LogP contribution in [0.15, 0.2) is 64.3 Å². The van der Waals surface area contributed by atoms with Gasteiger partial charge in [-0.2, -0.15) is 5.10 Å². The molecule has 1 aromatic heterocycles. The Morgan fingerprint density at radius 1 is 0.932 bits per heavy atom. The fourth-order valence-corrected chi connectivity index (χ4v) is 5.39. The molecule has 0 saturated carbocycles. The number of carbonyl (C=O) groups excluding carboxylic acids is 2. The second-order valence-electron chi connectivity index (χ2n) is 10.3. The molecule has 2 aliphatic heterocycles. The maximum atomic E-state index is 14.1. The predicted molar refractivity (Wildman–Crippen MR) is 162 cm³/mol. The van der Waals surface area contributed by atoms with Gasteiger partial charge in [0.15, 0.2) is 17.3 Å². The van der Waals surface area contributed by atoms with Crippen LogP contribution in [-0.4, -0.2) is 107 Å². The van der Waals surface area contributed by atoms with Gasteiger partial charge in [0, 0.05) is 44.2 Å². The van der Waals surface area contributed by atoms with Crippen molar-refractivity contribution in [2.45, 2.75) is 12.5 Å². The van der Waals surface area contributed by atoms with Gasteiger partial charge in [-0.3, -0.25) is 14.5 Å². The molecule has 2 aromatic carbocycles. The van der Waals surface area contributed by atoms with E-state index in [-0.39, 0.29) is 24.1 Å². The molecule has 0 unspecified atom stereocenters. The number of benzene rings is 2. The van der Waals surface area contributed by atoms with Gasteiger partial charge in [0.05, 0.1) is 59.7 Å². The maximum Gasteiger partial charge on any atom is 0.290 e. The minimum atomic E-state index is -0.469. The van der Waals surface area contributed by atoms with Crippen LogP contribution in [-0.2, 0) is 9.53 Å². The van der Waals surface area contributed by atoms with Crippen LogP contribution in [0.1, 0.15) is 34.1 Å². The number of hydrazone groups is 1. The van der Waals surface area contributed by atoms with E-state index >= 15 is 0 Å². The summed E-state index contributed by atoms with van der Waals surface area (Å²) in [6, 6.07) is 13.8. The van der Waals surface area contributed by atoms with E-state index < -0.39 is 6.04 Å². The van der Waals surface area contributed by atoms with Crippen molar-refractivity contribution in [2.75, 3.05) is 74.4 Å². The Bertz CT molecular complexity index is 1470. The Hall–Kier alpha value is -4.55. The lowest BCUT2D eigenvalue weighted by molar-refractivity contribution is -0.133. The van der Waals surface area contributed by atoms with Gasteiger partial charge in [-0.25, -0.2) is 5.01 Å². The van der Waals surface area contributed by atoms with Crippen LogP contribution >= 0.6 is 0 Å². The number of morpholine rings is 1. The van der Waals surface area contributed by atoms with Crippen molar-refractivity contribution in [1.82, 2.24) is 14.8 Å². The lowest BCUT2D eigenvalue weighted by Gasteiger charge is -2.30. The highest BCUT2D eigenvalue weighted by Gasteiger charge is 2.36. The second-order valence-corrected chi connectivity index (χ2v) is 10.3. The molecule has 12 nitrogen and oxygen atoms in total. The second kappa shape index (κ2) is 14.3. The van der Waals surface area contributed by atoms with E-state index in [0.717, 1.165) is 24.2 Å². The molecular weight excluding hydrogens is 568 g/mol. The third-order valence-corrected chi connectivity index (χ3v) is 7.81. The van der Waals surface area contributed by atoms with Crippen LogP contribution < -0.4 is 18.9 Å². The molecule has 0 bridgehead atoms. The van der Waals surface area contributed by atoms with Crippen LogP contribution in [0.3, 0.4) is 0 Å². The number of ether oxygens (including phenoxy) is 5. The SMILES string of the molecule is COc1ccc(C2=NN(C(=O)CN(CCN3CCOCC3)C(=O)c3ccco3)[C@@H](c3ccc(OC)c(OC)c3)C2)c(OC)c1. The summed E-state index contributed by atoms with van der Waals surface area (Å²) in [5.41, 5.74) is 2.21. The van der Waals surface area contributed by atoms with E-state index in [4.69, 9.17) is 33.2 Å². The zero-order valence-electron chi connectivity index (χ0n) is 25.5. The first-order valence-electron chi connectivity index (χ1n) is 14.4. The molecule has 3 aromatic rings. The first kappa shape index (κ1) is 30.9. The Kier molecular flexibility index (Phi) is 10.0. The average molecular weight is 607 g/mol. The molecule has 3 heterocycles. The van der Waals surface area contributed by atoms with Crippen molar-refractivity contribution >= 4 is 17.5 Å². The fourth-order valence-electron chi connectivity index (χ4n) is 5.39. The van der Waals surface area contributed by atoms with Crippen LogP contribution in [0.25, 0.3) is 0 Å². The molecule has 1 saturated heterocycles. The summed E-state index contributed by atoms with van der Waals surface area (Å²) >= 11 is 0. The van der Waals surface area contributed by atoms with Crippen LogP contribution in [0, 0.1) is 0 Å². The summed E-state index contributed by atoms with van der Waals surface area (Å²) in [6.45, 7) is 3.55. The van der Waals surface area contributed by atoms with Gasteiger partial charge in [-0.15, -0.1) is 0 Å². The molecule has 1 atom stereocenters. The van der Waals surface area contributed by atoms with Crippen LogP contribution in [0.2, 0.25) is 0 Å². The molecule has 44 heavy (non-hydrogen) atoms. The normalized spacial score (nSPS) is 16.8. The molecule has 2 amide bonds. The number of furan rings is 1. The molecule has 1 fully saturated rings. The average Bonchev–Trinajstić information content (AvgIpc) is 3.77. The summed E-state index contributed by atoms with van der Waals surface area (Å²) in [7, 11) is 6.30. The largest absolute Gasteiger partial charge is 0.497 e. The van der Waals surface area contributed by atoms with Crippen molar-refractivity contribution in [3.05, 3.63) is 71.7 Å². The standard InChI is InChI=1S/C32H38N4O8/c1-39-23-8-9-24(29(19-23)41-3)25-20-26(22-7-10-27(40-2)30(18-22)42-4)36(33-25)31(37)21-35(32(38)28-6-5-15-44-28)12-11-34-13-16-43-17-14-34/h5-10,15,18-19,26H,11-14,16-17,20-21H2,1-4H3/t26-/m1/s1. The van der Waals surface area contributed by atoms with Gasteiger partial charge < -0.3 is 33.0 Å².